The summed E-state index contributed by atoms with van der Waals surface area (Å²) in [6.07, 6.45) is -0.648. The summed E-state index contributed by atoms with van der Waals surface area (Å²) >= 11 is 0. The van der Waals surface area contributed by atoms with Crippen LogP contribution in [0.15, 0.2) is 48.5 Å². The third-order valence-corrected chi connectivity index (χ3v) is 3.90. The first kappa shape index (κ1) is 21.7. The Morgan fingerprint density at radius 1 is 1.24 bits per heavy atom. The first-order chi connectivity index (χ1) is 13.7. The van der Waals surface area contributed by atoms with Gasteiger partial charge in [0.1, 0.15) is 5.60 Å². The van der Waals surface area contributed by atoms with E-state index in [9.17, 15) is 20.2 Å². The minimum absolute atomic E-state index is 0.0231. The quantitative estimate of drug-likeness (QED) is 0.531. The summed E-state index contributed by atoms with van der Waals surface area (Å²) in [4.78, 5) is 22.7. The second-order valence-electron chi connectivity index (χ2n) is 7.47. The topological polar surface area (TPSA) is 117 Å². The van der Waals surface area contributed by atoms with Gasteiger partial charge in [-0.2, -0.15) is 5.26 Å². The predicted molar refractivity (Wildman–Crippen MR) is 109 cm³/mol. The van der Waals surface area contributed by atoms with E-state index in [2.05, 4.69) is 16.7 Å². The lowest BCUT2D eigenvalue weighted by Crippen LogP contribution is -2.34. The SMILES string of the molecule is CC(C)(C)OC(=O)NCC(C#N)c1cc(NCc2ccccc2)cc([N+](=O)[O-])c1. The van der Waals surface area contributed by atoms with Gasteiger partial charge in [-0.05, 0) is 38.0 Å². The summed E-state index contributed by atoms with van der Waals surface area (Å²) in [7, 11) is 0. The molecule has 0 saturated heterocycles. The molecule has 1 atom stereocenters. The average molecular weight is 396 g/mol. The van der Waals surface area contributed by atoms with Crippen molar-refractivity contribution in [3.8, 4) is 6.07 Å². The summed E-state index contributed by atoms with van der Waals surface area (Å²) in [6, 6.07) is 16.1. The van der Waals surface area contributed by atoms with Crippen LogP contribution < -0.4 is 10.6 Å². The summed E-state index contributed by atoms with van der Waals surface area (Å²) in [5, 5.41) is 26.5. The Kier molecular flexibility index (Phi) is 7.15. The Labute approximate surface area is 169 Å². The number of nitro groups is 1. The van der Waals surface area contributed by atoms with Gasteiger partial charge in [0, 0.05) is 30.9 Å². The number of non-ortho nitro benzene ring substituents is 1. The second-order valence-corrected chi connectivity index (χ2v) is 7.47. The van der Waals surface area contributed by atoms with Crippen molar-refractivity contribution in [3.05, 3.63) is 69.8 Å². The molecule has 29 heavy (non-hydrogen) atoms. The van der Waals surface area contributed by atoms with Crippen molar-refractivity contribution in [2.24, 2.45) is 0 Å². The molecule has 0 aliphatic carbocycles. The summed E-state index contributed by atoms with van der Waals surface area (Å²) in [6.45, 7) is 5.66. The number of hydrogen-bond acceptors (Lipinski definition) is 6. The van der Waals surface area contributed by atoms with Gasteiger partial charge in [0.2, 0.25) is 0 Å². The van der Waals surface area contributed by atoms with E-state index in [0.717, 1.165) is 5.56 Å². The molecule has 0 aromatic heterocycles. The Balaban J connectivity index is 2.16. The number of alkyl carbamates (subject to hydrolysis) is 1. The zero-order valence-electron chi connectivity index (χ0n) is 16.6. The summed E-state index contributed by atoms with van der Waals surface area (Å²) in [5.41, 5.74) is 1.19. The van der Waals surface area contributed by atoms with Crippen LogP contribution in [0.5, 0.6) is 0 Å². The minimum atomic E-state index is -0.764. The maximum absolute atomic E-state index is 11.8. The van der Waals surface area contributed by atoms with Gasteiger partial charge >= 0.3 is 6.09 Å². The monoisotopic (exact) mass is 396 g/mol. The number of carbonyl (C=O) groups is 1. The van der Waals surface area contributed by atoms with E-state index in [0.29, 0.717) is 17.8 Å². The number of nitriles is 1. The molecule has 152 valence electrons. The third-order valence-electron chi connectivity index (χ3n) is 3.90. The first-order valence-electron chi connectivity index (χ1n) is 9.11. The number of anilines is 1. The molecule has 8 nitrogen and oxygen atoms in total. The zero-order chi connectivity index (χ0) is 21.4. The minimum Gasteiger partial charge on any atom is -0.444 e. The van der Waals surface area contributed by atoms with E-state index in [-0.39, 0.29) is 12.2 Å². The number of carbonyl (C=O) groups excluding carboxylic acids is 1. The van der Waals surface area contributed by atoms with Crippen molar-refractivity contribution in [1.29, 1.82) is 5.26 Å². The highest BCUT2D eigenvalue weighted by atomic mass is 16.6. The number of nitro benzene ring substituents is 1. The summed E-state index contributed by atoms with van der Waals surface area (Å²) in [5.74, 6) is -0.764. The Bertz CT molecular complexity index is 901. The third kappa shape index (κ3) is 7.14. The van der Waals surface area contributed by atoms with Crippen LogP contribution in [-0.4, -0.2) is 23.2 Å². The van der Waals surface area contributed by atoms with E-state index in [4.69, 9.17) is 4.74 Å². The molecule has 0 aliphatic rings. The number of hydrogen-bond donors (Lipinski definition) is 2. The summed E-state index contributed by atoms with van der Waals surface area (Å²) < 4.78 is 5.16. The lowest BCUT2D eigenvalue weighted by atomic mass is 9.99. The van der Waals surface area contributed by atoms with Gasteiger partial charge in [-0.25, -0.2) is 4.79 Å². The van der Waals surface area contributed by atoms with Crippen LogP contribution in [0.3, 0.4) is 0 Å². The van der Waals surface area contributed by atoms with Gasteiger partial charge in [0.25, 0.3) is 5.69 Å². The number of nitrogens with zero attached hydrogens (tertiary/aromatic N) is 2. The van der Waals surface area contributed by atoms with Crippen molar-refractivity contribution in [1.82, 2.24) is 5.32 Å². The number of rotatable bonds is 7. The molecular weight excluding hydrogens is 372 g/mol. The van der Waals surface area contributed by atoms with Crippen LogP contribution >= 0.6 is 0 Å². The van der Waals surface area contributed by atoms with Crippen LogP contribution in [0.4, 0.5) is 16.2 Å². The lowest BCUT2D eigenvalue weighted by molar-refractivity contribution is -0.384. The van der Waals surface area contributed by atoms with Crippen molar-refractivity contribution in [2.45, 2.75) is 38.8 Å². The molecule has 1 unspecified atom stereocenters. The van der Waals surface area contributed by atoms with Gasteiger partial charge in [-0.3, -0.25) is 10.1 Å². The number of ether oxygens (including phenoxy) is 1. The molecule has 8 heteroatoms. The van der Waals surface area contributed by atoms with Crippen molar-refractivity contribution < 1.29 is 14.5 Å². The highest BCUT2D eigenvalue weighted by molar-refractivity contribution is 5.68. The highest BCUT2D eigenvalue weighted by Crippen LogP contribution is 2.26. The fourth-order valence-corrected chi connectivity index (χ4v) is 2.58. The zero-order valence-corrected chi connectivity index (χ0v) is 16.6. The predicted octanol–water partition coefficient (Wildman–Crippen LogP) is 4.34. The molecule has 0 aliphatic heterocycles. The smallest absolute Gasteiger partial charge is 0.407 e. The Hall–Kier alpha value is -3.60. The Morgan fingerprint density at radius 3 is 2.52 bits per heavy atom. The maximum atomic E-state index is 11.8. The number of nitrogens with one attached hydrogen (secondary N) is 2. The van der Waals surface area contributed by atoms with Crippen LogP contribution in [0.25, 0.3) is 0 Å². The fraction of sp³-hybridized carbons (Fsp3) is 0.333. The van der Waals surface area contributed by atoms with E-state index < -0.39 is 22.5 Å². The van der Waals surface area contributed by atoms with E-state index in [1.807, 2.05) is 30.3 Å². The van der Waals surface area contributed by atoms with Crippen LogP contribution in [0, 0.1) is 21.4 Å². The molecule has 2 aromatic rings. The van der Waals surface area contributed by atoms with Gasteiger partial charge in [0.15, 0.2) is 0 Å². The molecule has 0 spiro atoms. The van der Waals surface area contributed by atoms with Crippen molar-refractivity contribution >= 4 is 17.5 Å². The molecule has 0 radical (unpaired) electrons. The molecule has 2 N–H and O–H groups in total. The van der Waals surface area contributed by atoms with Gasteiger partial charge < -0.3 is 15.4 Å². The van der Waals surface area contributed by atoms with Gasteiger partial charge in [-0.1, -0.05) is 30.3 Å². The molecule has 0 heterocycles. The first-order valence-corrected chi connectivity index (χ1v) is 9.11. The molecule has 0 fully saturated rings. The molecule has 0 bridgehead atoms. The number of benzene rings is 2. The molecule has 2 aromatic carbocycles. The molecular formula is C21H24N4O4. The standard InChI is InChI=1S/C21H24N4O4/c1-21(2,3)29-20(26)24-14-17(12-22)16-9-18(11-19(10-16)25(27)28)23-13-15-7-5-4-6-8-15/h4-11,17,23H,13-14H2,1-3H3,(H,24,26). The average Bonchev–Trinajstić information content (AvgIpc) is 2.66. The van der Waals surface area contributed by atoms with Gasteiger partial charge in [-0.15, -0.1) is 0 Å². The number of amides is 1. The van der Waals surface area contributed by atoms with E-state index >= 15 is 0 Å². The fourth-order valence-electron chi connectivity index (χ4n) is 2.58. The Morgan fingerprint density at radius 2 is 1.93 bits per heavy atom. The van der Waals surface area contributed by atoms with Crippen LogP contribution in [0.2, 0.25) is 0 Å². The van der Waals surface area contributed by atoms with E-state index in [1.54, 1.807) is 26.8 Å². The van der Waals surface area contributed by atoms with Crippen molar-refractivity contribution in [3.63, 3.8) is 0 Å². The molecule has 0 saturated carbocycles. The van der Waals surface area contributed by atoms with Gasteiger partial charge in [0.05, 0.1) is 16.9 Å². The normalized spacial score (nSPS) is 11.8. The molecule has 2 rings (SSSR count). The lowest BCUT2D eigenvalue weighted by Gasteiger charge is -2.20. The van der Waals surface area contributed by atoms with Crippen molar-refractivity contribution in [2.75, 3.05) is 11.9 Å². The van der Waals surface area contributed by atoms with E-state index in [1.165, 1.54) is 12.1 Å². The largest absolute Gasteiger partial charge is 0.444 e. The molecule has 1 amide bonds. The van der Waals surface area contributed by atoms with Crippen LogP contribution in [0.1, 0.15) is 37.8 Å². The van der Waals surface area contributed by atoms with Crippen LogP contribution in [-0.2, 0) is 11.3 Å². The second kappa shape index (κ2) is 9.55. The highest BCUT2D eigenvalue weighted by Gasteiger charge is 2.20. The maximum Gasteiger partial charge on any atom is 0.407 e.